The van der Waals surface area contributed by atoms with E-state index in [9.17, 15) is 0 Å². The minimum absolute atomic E-state index is 0.130. The molecule has 0 aromatic heterocycles. The second kappa shape index (κ2) is 3.30. The van der Waals surface area contributed by atoms with Gasteiger partial charge in [0.05, 0.1) is 0 Å². The quantitative estimate of drug-likeness (QED) is 0.386. The lowest BCUT2D eigenvalue weighted by molar-refractivity contribution is 1.30. The van der Waals surface area contributed by atoms with Crippen LogP contribution in [-0.4, -0.2) is 18.5 Å². The Balaban J connectivity index is 2.19. The summed E-state index contributed by atoms with van der Waals surface area (Å²) in [6, 6.07) is 0. The number of hydrogen-bond acceptors (Lipinski definition) is 0. The molecule has 0 radical (unpaired) electrons. The fourth-order valence-corrected chi connectivity index (χ4v) is 3.33. The summed E-state index contributed by atoms with van der Waals surface area (Å²) in [4.78, 5) is 0. The SMILES string of the molecule is ClB1CCP(Cl)CC1. The molecule has 4 heteroatoms. The monoisotopic (exact) mass is 168 g/mol. The molecule has 1 aliphatic rings. The van der Waals surface area contributed by atoms with E-state index in [2.05, 4.69) is 0 Å². The fourth-order valence-electron chi connectivity index (χ4n) is 0.816. The molecule has 0 aromatic rings. The van der Waals surface area contributed by atoms with Gasteiger partial charge in [-0.2, -0.15) is 11.5 Å². The smallest absolute Gasteiger partial charge is 0.196 e. The highest BCUT2D eigenvalue weighted by molar-refractivity contribution is 7.84. The molecule has 46 valence electrons. The Morgan fingerprint density at radius 1 is 1.25 bits per heavy atom. The molecule has 0 saturated carbocycles. The summed E-state index contributed by atoms with van der Waals surface area (Å²) >= 11 is 11.7. The van der Waals surface area contributed by atoms with E-state index in [1.807, 2.05) is 0 Å². The van der Waals surface area contributed by atoms with Crippen molar-refractivity contribution in [2.75, 3.05) is 12.3 Å². The van der Waals surface area contributed by atoms with Crippen molar-refractivity contribution < 1.29 is 0 Å². The van der Waals surface area contributed by atoms with Crippen LogP contribution >= 0.6 is 30.0 Å². The molecule has 1 aliphatic heterocycles. The Labute approximate surface area is 61.5 Å². The van der Waals surface area contributed by atoms with Gasteiger partial charge in [-0.25, -0.2) is 0 Å². The molecule has 1 saturated heterocycles. The summed E-state index contributed by atoms with van der Waals surface area (Å²) in [6.07, 6.45) is 5.04. The summed E-state index contributed by atoms with van der Waals surface area (Å²) in [7, 11) is -0.130. The first-order valence-electron chi connectivity index (χ1n) is 2.84. The Bertz CT molecular complexity index is 62.4. The zero-order valence-electron chi connectivity index (χ0n) is 4.61. The van der Waals surface area contributed by atoms with Gasteiger partial charge in [0, 0.05) is 0 Å². The summed E-state index contributed by atoms with van der Waals surface area (Å²) in [5, 5.41) is 0. The van der Waals surface area contributed by atoms with E-state index in [-0.39, 0.29) is 7.27 Å². The molecule has 0 unspecified atom stereocenters. The maximum absolute atomic E-state index is 5.89. The van der Waals surface area contributed by atoms with Crippen LogP contribution in [0.1, 0.15) is 0 Å². The van der Waals surface area contributed by atoms with Gasteiger partial charge < -0.3 is 0 Å². The van der Waals surface area contributed by atoms with Gasteiger partial charge in [-0.1, -0.05) is 23.9 Å². The van der Waals surface area contributed by atoms with Crippen molar-refractivity contribution in [1.29, 1.82) is 0 Å². The average molecular weight is 169 g/mol. The van der Waals surface area contributed by atoms with Gasteiger partial charge >= 0.3 is 0 Å². The highest BCUT2D eigenvalue weighted by atomic mass is 35.7. The number of hydrogen-bond donors (Lipinski definition) is 0. The predicted molar refractivity (Wildman–Crippen MR) is 43.7 cm³/mol. The van der Waals surface area contributed by atoms with Gasteiger partial charge in [0.15, 0.2) is 0 Å². The van der Waals surface area contributed by atoms with E-state index in [0.29, 0.717) is 6.13 Å². The first-order valence-corrected chi connectivity index (χ1v) is 5.89. The normalized spacial score (nSPS) is 24.0. The molecular weight excluding hydrogens is 161 g/mol. The van der Waals surface area contributed by atoms with E-state index in [1.54, 1.807) is 0 Å². The number of halogens is 2. The van der Waals surface area contributed by atoms with Crippen LogP contribution in [0.2, 0.25) is 12.6 Å². The minimum atomic E-state index is -0.130. The van der Waals surface area contributed by atoms with Crippen LogP contribution in [0.15, 0.2) is 0 Å². The molecule has 0 bridgehead atoms. The van der Waals surface area contributed by atoms with Crippen molar-refractivity contribution in [2.45, 2.75) is 12.6 Å². The van der Waals surface area contributed by atoms with Crippen LogP contribution < -0.4 is 0 Å². The summed E-state index contributed by atoms with van der Waals surface area (Å²) in [6.45, 7) is 0. The molecule has 0 aliphatic carbocycles. The molecular formula is C4H8BCl2P. The minimum Gasteiger partial charge on any atom is -0.196 e. The molecule has 8 heavy (non-hydrogen) atoms. The van der Waals surface area contributed by atoms with Crippen LogP contribution in [0.5, 0.6) is 0 Å². The Kier molecular flexibility index (Phi) is 2.96. The Morgan fingerprint density at radius 3 is 2.12 bits per heavy atom. The van der Waals surface area contributed by atoms with Crippen molar-refractivity contribution in [1.82, 2.24) is 0 Å². The molecule has 1 rings (SSSR count). The van der Waals surface area contributed by atoms with Gasteiger partial charge in [0.25, 0.3) is 6.13 Å². The maximum atomic E-state index is 5.89. The van der Waals surface area contributed by atoms with Crippen LogP contribution in [0.3, 0.4) is 0 Å². The number of rotatable bonds is 0. The summed E-state index contributed by atoms with van der Waals surface area (Å²) < 4.78 is 0. The van der Waals surface area contributed by atoms with Gasteiger partial charge in [0.2, 0.25) is 0 Å². The van der Waals surface area contributed by atoms with Gasteiger partial charge in [-0.15, -0.1) is 0 Å². The molecule has 1 fully saturated rings. The van der Waals surface area contributed by atoms with Crippen LogP contribution in [-0.2, 0) is 0 Å². The van der Waals surface area contributed by atoms with Crippen molar-refractivity contribution >= 4 is 36.1 Å². The lowest BCUT2D eigenvalue weighted by atomic mass is 9.70. The molecule has 0 amide bonds. The fraction of sp³-hybridized carbons (Fsp3) is 1.00. The summed E-state index contributed by atoms with van der Waals surface area (Å²) in [5.41, 5.74) is 0. The summed E-state index contributed by atoms with van der Waals surface area (Å²) in [5.74, 6) is 0. The van der Waals surface area contributed by atoms with Crippen molar-refractivity contribution in [3.8, 4) is 0 Å². The lowest BCUT2D eigenvalue weighted by Crippen LogP contribution is -2.11. The highest BCUT2D eigenvalue weighted by Gasteiger charge is 2.19. The van der Waals surface area contributed by atoms with Gasteiger partial charge in [0.1, 0.15) is 0 Å². The van der Waals surface area contributed by atoms with Crippen molar-refractivity contribution in [3.63, 3.8) is 0 Å². The Hall–Kier alpha value is 1.07. The standard InChI is InChI=1S/C4H8BCl2P/c6-5-1-3-8(7)4-2-5/h1-4H2. The zero-order valence-corrected chi connectivity index (χ0v) is 7.02. The Morgan fingerprint density at radius 2 is 1.75 bits per heavy atom. The third-order valence-corrected chi connectivity index (χ3v) is 4.31. The molecule has 0 N–H and O–H groups in total. The molecule has 1 heterocycles. The molecule has 0 spiro atoms. The average Bonchev–Trinajstić information content (AvgIpc) is 1.77. The molecule has 0 nitrogen and oxygen atoms in total. The molecule has 0 aromatic carbocycles. The van der Waals surface area contributed by atoms with Gasteiger partial charge in [-0.3, -0.25) is 0 Å². The maximum Gasteiger partial charge on any atom is 0.251 e. The van der Waals surface area contributed by atoms with E-state index in [0.717, 1.165) is 12.6 Å². The highest BCUT2D eigenvalue weighted by Crippen LogP contribution is 2.46. The van der Waals surface area contributed by atoms with Crippen LogP contribution in [0.25, 0.3) is 0 Å². The lowest BCUT2D eigenvalue weighted by Gasteiger charge is -2.16. The zero-order chi connectivity index (χ0) is 5.98. The second-order valence-electron chi connectivity index (χ2n) is 2.08. The van der Waals surface area contributed by atoms with Gasteiger partial charge in [-0.05, 0) is 19.6 Å². The third-order valence-electron chi connectivity index (χ3n) is 1.37. The van der Waals surface area contributed by atoms with Crippen molar-refractivity contribution in [2.24, 2.45) is 0 Å². The molecule has 0 atom stereocenters. The van der Waals surface area contributed by atoms with E-state index in [1.165, 1.54) is 12.3 Å². The topological polar surface area (TPSA) is 0 Å². The van der Waals surface area contributed by atoms with Crippen LogP contribution in [0.4, 0.5) is 0 Å². The second-order valence-corrected chi connectivity index (χ2v) is 5.96. The van der Waals surface area contributed by atoms with Crippen molar-refractivity contribution in [3.05, 3.63) is 0 Å². The first kappa shape index (κ1) is 7.19. The third kappa shape index (κ3) is 2.13. The van der Waals surface area contributed by atoms with E-state index in [4.69, 9.17) is 22.7 Å². The van der Waals surface area contributed by atoms with E-state index < -0.39 is 0 Å². The largest absolute Gasteiger partial charge is 0.251 e. The van der Waals surface area contributed by atoms with Crippen LogP contribution in [0, 0.1) is 0 Å². The first-order chi connectivity index (χ1) is 3.79. The predicted octanol–water partition coefficient (Wildman–Crippen LogP) is 2.87. The van der Waals surface area contributed by atoms with E-state index >= 15 is 0 Å².